The molecular weight excluding hydrogens is 274 g/mol. The molecule has 126 valence electrons. The van der Waals surface area contributed by atoms with Crippen molar-refractivity contribution in [3.8, 4) is 0 Å². The number of nitrogens with one attached hydrogen (secondary N) is 1. The molecule has 22 heavy (non-hydrogen) atoms. The van der Waals surface area contributed by atoms with Gasteiger partial charge in [0.2, 0.25) is 5.91 Å². The summed E-state index contributed by atoms with van der Waals surface area (Å²) in [7, 11) is 0. The maximum atomic E-state index is 11.4. The number of likely N-dealkylation sites (N-methyl/N-ethyl adjacent to an activating group) is 1. The molecule has 0 aromatic heterocycles. The van der Waals surface area contributed by atoms with Crippen molar-refractivity contribution in [3.05, 3.63) is 12.2 Å². The normalized spacial score (nSPS) is 22.8. The molecule has 1 rings (SSSR count). The molecule has 0 fully saturated rings. The standard InChI is InChI=1S/C18H33N3O/c1-5-7-8-9-10-11-12-13-18-19-14-15-21(18,6-2)16(3)20-17(4)22/h9-10,16H,5-8,11-15H2,1-4H3/p+1/b10-9+. The highest BCUT2D eigenvalue weighted by Crippen LogP contribution is 2.22. The largest absolute Gasteiger partial charge is 0.307 e. The van der Waals surface area contributed by atoms with E-state index < -0.39 is 0 Å². The number of carbonyl (C=O) groups excluding carboxylic acids is 1. The van der Waals surface area contributed by atoms with Crippen LogP contribution in [0.5, 0.6) is 0 Å². The zero-order valence-electron chi connectivity index (χ0n) is 14.9. The zero-order chi connectivity index (χ0) is 16.4. The predicted molar refractivity (Wildman–Crippen MR) is 93.8 cm³/mol. The van der Waals surface area contributed by atoms with Crippen LogP contribution in [0.15, 0.2) is 17.1 Å². The maximum absolute atomic E-state index is 11.4. The highest BCUT2D eigenvalue weighted by Gasteiger charge is 2.41. The van der Waals surface area contributed by atoms with Gasteiger partial charge >= 0.3 is 0 Å². The van der Waals surface area contributed by atoms with Gasteiger partial charge in [0.05, 0.1) is 13.1 Å². The number of unbranched alkanes of at least 4 members (excludes halogenated alkanes) is 3. The third-order valence-corrected chi connectivity index (χ3v) is 4.69. The van der Waals surface area contributed by atoms with Crippen LogP contribution in [0.3, 0.4) is 0 Å². The van der Waals surface area contributed by atoms with E-state index in [2.05, 4.69) is 38.2 Å². The number of hydrogen-bond acceptors (Lipinski definition) is 2. The Kier molecular flexibility index (Phi) is 8.39. The molecule has 0 saturated carbocycles. The summed E-state index contributed by atoms with van der Waals surface area (Å²) in [5.41, 5.74) is 0. The Morgan fingerprint density at radius 1 is 1.32 bits per heavy atom. The monoisotopic (exact) mass is 308 g/mol. The number of hydrogen-bond donors (Lipinski definition) is 1. The van der Waals surface area contributed by atoms with Crippen LogP contribution in [0.1, 0.15) is 66.2 Å². The van der Waals surface area contributed by atoms with Crippen molar-refractivity contribution in [1.82, 2.24) is 5.32 Å². The second-order valence-corrected chi connectivity index (χ2v) is 6.25. The van der Waals surface area contributed by atoms with Crippen molar-refractivity contribution >= 4 is 11.7 Å². The van der Waals surface area contributed by atoms with E-state index in [1.54, 1.807) is 6.92 Å². The van der Waals surface area contributed by atoms with Gasteiger partial charge in [-0.1, -0.05) is 31.9 Å². The average molecular weight is 308 g/mol. The van der Waals surface area contributed by atoms with E-state index in [0.29, 0.717) is 0 Å². The predicted octanol–water partition coefficient (Wildman–Crippen LogP) is 3.63. The summed E-state index contributed by atoms with van der Waals surface area (Å²) >= 11 is 0. The smallest absolute Gasteiger partial charge is 0.221 e. The van der Waals surface area contributed by atoms with E-state index in [0.717, 1.165) is 43.4 Å². The first kappa shape index (κ1) is 18.9. The molecule has 2 atom stereocenters. The van der Waals surface area contributed by atoms with E-state index in [-0.39, 0.29) is 12.1 Å². The molecular formula is C18H34N3O+. The Balaban J connectivity index is 2.50. The molecule has 0 aromatic rings. The first-order chi connectivity index (χ1) is 10.6. The van der Waals surface area contributed by atoms with Gasteiger partial charge in [-0.15, -0.1) is 0 Å². The Morgan fingerprint density at radius 2 is 2.00 bits per heavy atom. The summed E-state index contributed by atoms with van der Waals surface area (Å²) in [5, 5.41) is 3.07. The van der Waals surface area contributed by atoms with E-state index in [9.17, 15) is 4.79 Å². The summed E-state index contributed by atoms with van der Waals surface area (Å²) in [6, 6.07) is 0. The highest BCUT2D eigenvalue weighted by molar-refractivity contribution is 5.78. The minimum absolute atomic E-state index is 0.0450. The molecule has 1 N–H and O–H groups in total. The van der Waals surface area contributed by atoms with Gasteiger partial charge in [0.25, 0.3) is 0 Å². The van der Waals surface area contributed by atoms with Crippen LogP contribution in [0, 0.1) is 0 Å². The minimum Gasteiger partial charge on any atom is -0.307 e. The van der Waals surface area contributed by atoms with Crippen LogP contribution >= 0.6 is 0 Å². The molecule has 0 saturated heterocycles. The minimum atomic E-state index is 0.0450. The maximum Gasteiger partial charge on any atom is 0.221 e. The van der Waals surface area contributed by atoms with Gasteiger partial charge in [-0.2, -0.15) is 0 Å². The van der Waals surface area contributed by atoms with Gasteiger partial charge in [-0.25, -0.2) is 4.99 Å². The summed E-state index contributed by atoms with van der Waals surface area (Å²) < 4.78 is 0.832. The summed E-state index contributed by atoms with van der Waals surface area (Å²) in [5.74, 6) is 1.31. The summed E-state index contributed by atoms with van der Waals surface area (Å²) in [6.07, 6.45) is 11.8. The number of allylic oxidation sites excluding steroid dienone is 2. The van der Waals surface area contributed by atoms with Gasteiger partial charge < -0.3 is 5.32 Å². The topological polar surface area (TPSA) is 41.5 Å². The fraction of sp³-hybridized carbons (Fsp3) is 0.778. The lowest BCUT2D eigenvalue weighted by atomic mass is 10.1. The zero-order valence-corrected chi connectivity index (χ0v) is 14.9. The van der Waals surface area contributed by atoms with Crippen LogP contribution in [0.25, 0.3) is 0 Å². The Morgan fingerprint density at radius 3 is 2.59 bits per heavy atom. The Labute approximate surface area is 136 Å². The first-order valence-electron chi connectivity index (χ1n) is 8.89. The number of rotatable bonds is 10. The van der Waals surface area contributed by atoms with E-state index in [1.165, 1.54) is 25.1 Å². The van der Waals surface area contributed by atoms with Gasteiger partial charge in [-0.05, 0) is 26.2 Å². The fourth-order valence-corrected chi connectivity index (χ4v) is 3.31. The molecule has 4 nitrogen and oxygen atoms in total. The van der Waals surface area contributed by atoms with Crippen LogP contribution < -0.4 is 5.32 Å². The van der Waals surface area contributed by atoms with Gasteiger partial charge in [-0.3, -0.25) is 9.28 Å². The molecule has 0 aliphatic carbocycles. The fourth-order valence-electron chi connectivity index (χ4n) is 3.31. The number of amidine groups is 1. The van der Waals surface area contributed by atoms with Crippen molar-refractivity contribution in [2.75, 3.05) is 19.6 Å². The molecule has 1 heterocycles. The lowest BCUT2D eigenvalue weighted by Gasteiger charge is -2.39. The van der Waals surface area contributed by atoms with Crippen LogP contribution in [-0.4, -0.2) is 42.0 Å². The number of carbonyl (C=O) groups is 1. The lowest BCUT2D eigenvalue weighted by molar-refractivity contribution is -0.861. The lowest BCUT2D eigenvalue weighted by Crippen LogP contribution is -2.62. The Hall–Kier alpha value is -1.16. The van der Waals surface area contributed by atoms with E-state index in [1.807, 2.05) is 0 Å². The summed E-state index contributed by atoms with van der Waals surface area (Å²) in [4.78, 5) is 16.1. The summed E-state index contributed by atoms with van der Waals surface area (Å²) in [6.45, 7) is 11.0. The van der Waals surface area contributed by atoms with Crippen molar-refractivity contribution < 1.29 is 9.28 Å². The number of nitrogens with zero attached hydrogens (tertiary/aromatic N) is 2. The Bertz CT molecular complexity index is 403. The van der Waals surface area contributed by atoms with Crippen LogP contribution in [-0.2, 0) is 4.79 Å². The van der Waals surface area contributed by atoms with Crippen molar-refractivity contribution in [2.24, 2.45) is 4.99 Å². The van der Waals surface area contributed by atoms with Crippen molar-refractivity contribution in [1.29, 1.82) is 0 Å². The van der Waals surface area contributed by atoms with Crippen molar-refractivity contribution in [3.63, 3.8) is 0 Å². The van der Waals surface area contributed by atoms with E-state index in [4.69, 9.17) is 4.99 Å². The number of amides is 1. The molecule has 2 unspecified atom stereocenters. The SMILES string of the molecule is CCCC/C=C/CCCC1=NCC[N+]1(CC)C(C)NC(C)=O. The second-order valence-electron chi connectivity index (χ2n) is 6.25. The van der Waals surface area contributed by atoms with E-state index >= 15 is 0 Å². The van der Waals surface area contributed by atoms with Gasteiger partial charge in [0, 0.05) is 20.3 Å². The quantitative estimate of drug-likeness (QED) is 0.374. The molecule has 1 aliphatic heterocycles. The third-order valence-electron chi connectivity index (χ3n) is 4.69. The molecule has 1 amide bonds. The molecule has 4 heteroatoms. The molecule has 0 aromatic carbocycles. The number of quaternary nitrogens is 1. The van der Waals surface area contributed by atoms with Gasteiger partial charge in [0.1, 0.15) is 6.54 Å². The first-order valence-corrected chi connectivity index (χ1v) is 8.89. The average Bonchev–Trinajstić information content (AvgIpc) is 2.90. The second kappa shape index (κ2) is 9.78. The number of aliphatic imine (C=N–C) groups is 1. The van der Waals surface area contributed by atoms with Crippen molar-refractivity contribution in [2.45, 2.75) is 72.4 Å². The van der Waals surface area contributed by atoms with Gasteiger partial charge in [0.15, 0.2) is 12.0 Å². The molecule has 0 bridgehead atoms. The molecule has 0 spiro atoms. The third kappa shape index (κ3) is 5.24. The van der Waals surface area contributed by atoms with Crippen LogP contribution in [0.2, 0.25) is 0 Å². The van der Waals surface area contributed by atoms with Crippen LogP contribution in [0.4, 0.5) is 0 Å². The highest BCUT2D eigenvalue weighted by atomic mass is 16.1. The molecule has 0 radical (unpaired) electrons. The molecule has 1 aliphatic rings.